The summed E-state index contributed by atoms with van der Waals surface area (Å²) in [6, 6.07) is 8.26. The molecule has 0 heterocycles. The van der Waals surface area contributed by atoms with Gasteiger partial charge in [0, 0.05) is 0 Å². The van der Waals surface area contributed by atoms with Gasteiger partial charge in [-0.05, 0) is 22.4 Å². The van der Waals surface area contributed by atoms with Gasteiger partial charge in [-0.3, -0.25) is 0 Å². The summed E-state index contributed by atoms with van der Waals surface area (Å²) in [5.74, 6) is 1.06. The van der Waals surface area contributed by atoms with Crippen LogP contribution in [-0.2, 0) is 0 Å². The molecule has 0 amide bonds. The molecule has 0 saturated heterocycles. The van der Waals surface area contributed by atoms with Crippen LogP contribution in [0.2, 0.25) is 16.6 Å². The van der Waals surface area contributed by atoms with Gasteiger partial charge in [0.05, 0.1) is 0 Å². The van der Waals surface area contributed by atoms with Gasteiger partial charge in [-0.1, -0.05) is 41.5 Å². The Hall–Kier alpha value is -0.0357. The van der Waals surface area contributed by atoms with Crippen LogP contribution in [0.15, 0.2) is 24.3 Å². The molecule has 1 aromatic rings. The van der Waals surface area contributed by atoms with Crippen LogP contribution in [0, 0.1) is 0 Å². The molecule has 0 N–H and O–H groups in total. The fourth-order valence-electron chi connectivity index (χ4n) is 2.98. The molecule has 1 aromatic carbocycles. The third-order valence-corrected chi connectivity index (χ3v) is 9.64. The van der Waals surface area contributed by atoms with Crippen molar-refractivity contribution in [1.82, 2.24) is 0 Å². The van der Waals surface area contributed by atoms with E-state index in [9.17, 15) is 0 Å². The van der Waals surface area contributed by atoms with Gasteiger partial charge in [-0.25, -0.2) is 12.1 Å². The standard InChI is InChI=1S/C14H25OSi.Li/c1-11(2)16(12(3)4,13(5)6)15-14-9-7-8-10-14;/h7-13H,1-6H3;/q-1;+1. The summed E-state index contributed by atoms with van der Waals surface area (Å²) in [5, 5.41) is 0. The van der Waals surface area contributed by atoms with Gasteiger partial charge in [0.1, 0.15) is 0 Å². The predicted molar refractivity (Wildman–Crippen MR) is 73.7 cm³/mol. The minimum Gasteiger partial charge on any atom is -0.601 e. The second-order valence-corrected chi connectivity index (χ2v) is 10.9. The Morgan fingerprint density at radius 2 is 1.18 bits per heavy atom. The SMILES string of the molecule is CC(C)[Si](O[c-]1cccc1)(C(C)C)C(C)C.[Li+]. The average molecular weight is 244 g/mol. The molecule has 1 nitrogen and oxygen atoms in total. The van der Waals surface area contributed by atoms with Gasteiger partial charge in [-0.15, -0.1) is 12.1 Å². The first-order chi connectivity index (χ1) is 7.41. The van der Waals surface area contributed by atoms with Crippen molar-refractivity contribution in [2.75, 3.05) is 0 Å². The number of hydrogen-bond donors (Lipinski definition) is 0. The molecule has 0 spiro atoms. The normalized spacial score (nSPS) is 12.1. The van der Waals surface area contributed by atoms with Crippen LogP contribution in [0.3, 0.4) is 0 Å². The van der Waals surface area contributed by atoms with Gasteiger partial charge < -0.3 is 4.43 Å². The maximum absolute atomic E-state index is 6.47. The van der Waals surface area contributed by atoms with E-state index in [0.29, 0.717) is 16.6 Å². The zero-order valence-electron chi connectivity index (χ0n) is 12.4. The molecule has 17 heavy (non-hydrogen) atoms. The van der Waals surface area contributed by atoms with Crippen LogP contribution in [0.5, 0.6) is 5.75 Å². The molecule has 92 valence electrons. The zero-order valence-corrected chi connectivity index (χ0v) is 13.4. The first kappa shape index (κ1) is 17.0. The van der Waals surface area contributed by atoms with E-state index in [2.05, 4.69) is 65.8 Å². The van der Waals surface area contributed by atoms with Crippen molar-refractivity contribution >= 4 is 8.32 Å². The smallest absolute Gasteiger partial charge is 0.601 e. The van der Waals surface area contributed by atoms with Crippen LogP contribution >= 0.6 is 0 Å². The Kier molecular flexibility index (Phi) is 6.76. The van der Waals surface area contributed by atoms with E-state index in [-0.39, 0.29) is 18.9 Å². The number of rotatable bonds is 5. The Balaban J connectivity index is 0.00000256. The third-order valence-electron chi connectivity index (χ3n) is 3.63. The third kappa shape index (κ3) is 3.47. The van der Waals surface area contributed by atoms with Crippen molar-refractivity contribution < 1.29 is 23.3 Å². The average Bonchev–Trinajstić information content (AvgIpc) is 2.64. The molecule has 0 saturated carbocycles. The van der Waals surface area contributed by atoms with Crippen LogP contribution in [0.4, 0.5) is 0 Å². The predicted octanol–water partition coefficient (Wildman–Crippen LogP) is 1.96. The van der Waals surface area contributed by atoms with Gasteiger partial charge in [-0.2, -0.15) is 0 Å². The van der Waals surface area contributed by atoms with Crippen molar-refractivity contribution in [3.05, 3.63) is 24.3 Å². The quantitative estimate of drug-likeness (QED) is 0.568. The second kappa shape index (κ2) is 6.78. The molecule has 3 heteroatoms. The van der Waals surface area contributed by atoms with E-state index in [1.807, 2.05) is 0 Å². The van der Waals surface area contributed by atoms with Gasteiger partial charge in [0.2, 0.25) is 8.32 Å². The van der Waals surface area contributed by atoms with Crippen LogP contribution < -0.4 is 23.3 Å². The first-order valence-corrected chi connectivity index (χ1v) is 8.46. The van der Waals surface area contributed by atoms with E-state index in [1.165, 1.54) is 0 Å². The zero-order chi connectivity index (χ0) is 12.3. The van der Waals surface area contributed by atoms with Crippen LogP contribution in [0.1, 0.15) is 41.5 Å². The van der Waals surface area contributed by atoms with E-state index in [0.717, 1.165) is 5.75 Å². The van der Waals surface area contributed by atoms with Crippen molar-refractivity contribution in [1.29, 1.82) is 0 Å². The van der Waals surface area contributed by atoms with Crippen molar-refractivity contribution in [2.24, 2.45) is 0 Å². The Morgan fingerprint density at radius 1 is 0.824 bits per heavy atom. The molecule has 0 bridgehead atoms. The van der Waals surface area contributed by atoms with Crippen molar-refractivity contribution in [3.8, 4) is 5.75 Å². The van der Waals surface area contributed by atoms with Crippen LogP contribution in [-0.4, -0.2) is 8.32 Å². The molecule has 0 unspecified atom stereocenters. The van der Waals surface area contributed by atoms with Crippen LogP contribution in [0.25, 0.3) is 0 Å². The monoisotopic (exact) mass is 244 g/mol. The molecule has 0 radical (unpaired) electrons. The summed E-state index contributed by atoms with van der Waals surface area (Å²) in [7, 11) is -1.73. The van der Waals surface area contributed by atoms with Crippen molar-refractivity contribution in [3.63, 3.8) is 0 Å². The van der Waals surface area contributed by atoms with E-state index in [4.69, 9.17) is 4.43 Å². The summed E-state index contributed by atoms with van der Waals surface area (Å²) in [5.41, 5.74) is 1.92. The molecule has 1 rings (SSSR count). The summed E-state index contributed by atoms with van der Waals surface area (Å²) < 4.78 is 6.47. The fourth-order valence-corrected chi connectivity index (χ4v) is 8.23. The Morgan fingerprint density at radius 3 is 1.47 bits per heavy atom. The van der Waals surface area contributed by atoms with E-state index in [1.54, 1.807) is 0 Å². The fraction of sp³-hybridized carbons (Fsp3) is 0.643. The summed E-state index contributed by atoms with van der Waals surface area (Å²) in [6.45, 7) is 13.9. The molecule has 0 aromatic heterocycles. The molecule has 0 aliphatic heterocycles. The first-order valence-electron chi connectivity index (χ1n) is 6.32. The maximum atomic E-state index is 6.47. The number of hydrogen-bond acceptors (Lipinski definition) is 1. The molecular formula is C14H25LiOSi. The molecular weight excluding hydrogens is 219 g/mol. The Labute approximate surface area is 120 Å². The molecule has 0 atom stereocenters. The molecule has 0 fully saturated rings. The van der Waals surface area contributed by atoms with Crippen molar-refractivity contribution in [2.45, 2.75) is 58.2 Å². The minimum atomic E-state index is -1.73. The van der Waals surface area contributed by atoms with Gasteiger partial charge in [0.25, 0.3) is 0 Å². The summed E-state index contributed by atoms with van der Waals surface area (Å²) in [6.07, 6.45) is 0. The topological polar surface area (TPSA) is 9.23 Å². The maximum Gasteiger partial charge on any atom is 1.00 e. The van der Waals surface area contributed by atoms with E-state index >= 15 is 0 Å². The second-order valence-electron chi connectivity index (χ2n) is 5.54. The molecule has 0 aliphatic rings. The molecule has 0 aliphatic carbocycles. The summed E-state index contributed by atoms with van der Waals surface area (Å²) >= 11 is 0. The van der Waals surface area contributed by atoms with Gasteiger partial charge in [0.15, 0.2) is 0 Å². The summed E-state index contributed by atoms with van der Waals surface area (Å²) in [4.78, 5) is 0. The van der Waals surface area contributed by atoms with Gasteiger partial charge >= 0.3 is 18.9 Å². The minimum absolute atomic E-state index is 0. The Bertz CT molecular complexity index is 282. The largest absolute Gasteiger partial charge is 1.00 e. The van der Waals surface area contributed by atoms with E-state index < -0.39 is 8.32 Å².